The molecule has 2 aromatic carbocycles. The molecule has 1 aliphatic carbocycles. The Bertz CT molecular complexity index is 1020. The summed E-state index contributed by atoms with van der Waals surface area (Å²) in [6, 6.07) is 20.2. The lowest BCUT2D eigenvalue weighted by Crippen LogP contribution is -2.26. The van der Waals surface area contributed by atoms with Crippen molar-refractivity contribution in [1.29, 1.82) is 0 Å². The molecule has 0 unspecified atom stereocenters. The summed E-state index contributed by atoms with van der Waals surface area (Å²) in [6.45, 7) is 0.519. The van der Waals surface area contributed by atoms with Gasteiger partial charge in [-0.05, 0) is 34.4 Å². The third kappa shape index (κ3) is 3.79. The van der Waals surface area contributed by atoms with E-state index < -0.39 is 6.09 Å². The molecule has 4 rings (SSSR count). The summed E-state index contributed by atoms with van der Waals surface area (Å²) in [6.07, 6.45) is -0.474. The zero-order chi connectivity index (χ0) is 19.3. The lowest BCUT2D eigenvalue weighted by molar-refractivity contribution is 0.144. The molecule has 1 aromatic heterocycles. The first-order valence-electron chi connectivity index (χ1n) is 9.03. The highest BCUT2D eigenvalue weighted by molar-refractivity contribution is 7.12. The predicted octanol–water partition coefficient (Wildman–Crippen LogP) is 4.13. The number of amides is 1. The van der Waals surface area contributed by atoms with E-state index in [4.69, 9.17) is 9.84 Å². The summed E-state index contributed by atoms with van der Waals surface area (Å²) in [4.78, 5) is 13.8. The molecule has 0 saturated heterocycles. The largest absolute Gasteiger partial charge is 0.449 e. The number of ether oxygens (including phenoxy) is 1. The van der Waals surface area contributed by atoms with Crippen molar-refractivity contribution in [2.75, 3.05) is 13.2 Å². The molecule has 28 heavy (non-hydrogen) atoms. The van der Waals surface area contributed by atoms with E-state index >= 15 is 0 Å². The average Bonchev–Trinajstić information content (AvgIpc) is 3.32. The highest BCUT2D eigenvalue weighted by Gasteiger charge is 2.28. The summed E-state index contributed by atoms with van der Waals surface area (Å²) in [5.74, 6) is 5.91. The molecule has 0 bridgehead atoms. The summed E-state index contributed by atoms with van der Waals surface area (Å²) < 4.78 is 5.47. The number of fused-ring (bicyclic) bond motifs is 3. The Hall–Kier alpha value is -3.07. The van der Waals surface area contributed by atoms with Gasteiger partial charge in [-0.15, -0.1) is 11.3 Å². The Labute approximate surface area is 167 Å². The van der Waals surface area contributed by atoms with Crippen LogP contribution in [0.4, 0.5) is 4.79 Å². The van der Waals surface area contributed by atoms with Crippen LogP contribution in [0.5, 0.6) is 0 Å². The van der Waals surface area contributed by atoms with Gasteiger partial charge in [0, 0.05) is 10.8 Å². The number of aliphatic hydroxyl groups excluding tert-OH is 1. The number of hydrogen-bond acceptors (Lipinski definition) is 4. The second-order valence-electron chi connectivity index (χ2n) is 6.40. The molecule has 0 saturated carbocycles. The fourth-order valence-electron chi connectivity index (χ4n) is 3.43. The summed E-state index contributed by atoms with van der Waals surface area (Å²) >= 11 is 1.44. The Morgan fingerprint density at radius 1 is 1.04 bits per heavy atom. The average molecular weight is 389 g/mol. The van der Waals surface area contributed by atoms with Crippen LogP contribution in [0.1, 0.15) is 26.8 Å². The molecule has 2 N–H and O–H groups in total. The Kier molecular flexibility index (Phi) is 5.43. The van der Waals surface area contributed by atoms with Gasteiger partial charge in [-0.25, -0.2) is 4.79 Å². The van der Waals surface area contributed by atoms with Gasteiger partial charge in [0.15, 0.2) is 0 Å². The molecule has 0 atom stereocenters. The van der Waals surface area contributed by atoms with Crippen molar-refractivity contribution in [3.63, 3.8) is 0 Å². The highest BCUT2D eigenvalue weighted by atomic mass is 32.1. The number of rotatable bonds is 4. The van der Waals surface area contributed by atoms with E-state index in [0.29, 0.717) is 0 Å². The van der Waals surface area contributed by atoms with Gasteiger partial charge >= 0.3 is 6.09 Å². The van der Waals surface area contributed by atoms with Crippen molar-refractivity contribution in [1.82, 2.24) is 5.32 Å². The number of alkyl carbamates (subject to hydrolysis) is 1. The van der Waals surface area contributed by atoms with Crippen LogP contribution >= 0.6 is 11.3 Å². The molecule has 0 radical (unpaired) electrons. The number of thiophene rings is 1. The van der Waals surface area contributed by atoms with Crippen molar-refractivity contribution in [3.05, 3.63) is 81.5 Å². The first-order chi connectivity index (χ1) is 13.8. The molecule has 1 amide bonds. The molecular formula is C23H19NO3S. The lowest BCUT2D eigenvalue weighted by Gasteiger charge is -2.14. The second kappa shape index (κ2) is 8.30. The van der Waals surface area contributed by atoms with E-state index in [1.165, 1.54) is 33.6 Å². The van der Waals surface area contributed by atoms with Gasteiger partial charge in [-0.1, -0.05) is 60.4 Å². The van der Waals surface area contributed by atoms with Gasteiger partial charge in [0.25, 0.3) is 0 Å². The molecule has 3 aromatic rings. The first kappa shape index (κ1) is 18.3. The minimum atomic E-state index is -0.474. The number of carbonyl (C=O) groups is 1. The van der Waals surface area contributed by atoms with Gasteiger partial charge in [-0.2, -0.15) is 0 Å². The number of aliphatic hydroxyl groups is 1. The zero-order valence-electron chi connectivity index (χ0n) is 15.1. The second-order valence-corrected chi connectivity index (χ2v) is 7.57. The molecule has 1 aliphatic rings. The van der Waals surface area contributed by atoms with E-state index in [1.54, 1.807) is 0 Å². The van der Waals surface area contributed by atoms with Gasteiger partial charge in [-0.3, -0.25) is 0 Å². The maximum absolute atomic E-state index is 12.1. The molecular weight excluding hydrogens is 370 g/mol. The van der Waals surface area contributed by atoms with Gasteiger partial charge in [0.2, 0.25) is 0 Å². The van der Waals surface area contributed by atoms with E-state index in [1.807, 2.05) is 36.4 Å². The van der Waals surface area contributed by atoms with Crippen molar-refractivity contribution in [2.24, 2.45) is 0 Å². The predicted molar refractivity (Wildman–Crippen MR) is 110 cm³/mol. The molecule has 1 heterocycles. The molecule has 140 valence electrons. The Balaban J connectivity index is 1.34. The number of benzene rings is 2. The van der Waals surface area contributed by atoms with Crippen LogP contribution in [0.3, 0.4) is 0 Å². The Morgan fingerprint density at radius 3 is 2.36 bits per heavy atom. The van der Waals surface area contributed by atoms with Crippen LogP contribution in [0.2, 0.25) is 0 Å². The summed E-state index contributed by atoms with van der Waals surface area (Å²) in [5, 5.41) is 11.7. The molecule has 4 nitrogen and oxygen atoms in total. The van der Waals surface area contributed by atoms with Crippen molar-refractivity contribution in [3.8, 4) is 23.0 Å². The molecule has 0 spiro atoms. The third-order valence-corrected chi connectivity index (χ3v) is 5.68. The van der Waals surface area contributed by atoms with E-state index in [0.717, 1.165) is 9.75 Å². The maximum Gasteiger partial charge on any atom is 0.407 e. The highest BCUT2D eigenvalue weighted by Crippen LogP contribution is 2.44. The van der Waals surface area contributed by atoms with Gasteiger partial charge in [0.1, 0.15) is 6.61 Å². The monoisotopic (exact) mass is 389 g/mol. The van der Waals surface area contributed by atoms with Crippen LogP contribution in [0.25, 0.3) is 11.1 Å². The fourth-order valence-corrected chi connectivity index (χ4v) is 4.17. The minimum Gasteiger partial charge on any atom is -0.449 e. The number of hydrogen-bond donors (Lipinski definition) is 2. The third-order valence-electron chi connectivity index (χ3n) is 4.69. The lowest BCUT2D eigenvalue weighted by atomic mass is 9.98. The smallest absolute Gasteiger partial charge is 0.407 e. The van der Waals surface area contributed by atoms with Crippen LogP contribution in [0, 0.1) is 11.8 Å². The Morgan fingerprint density at radius 2 is 1.71 bits per heavy atom. The van der Waals surface area contributed by atoms with Crippen molar-refractivity contribution < 1.29 is 14.6 Å². The van der Waals surface area contributed by atoms with E-state index in [9.17, 15) is 4.79 Å². The summed E-state index contributed by atoms with van der Waals surface area (Å²) in [5.41, 5.74) is 4.79. The van der Waals surface area contributed by atoms with Gasteiger partial charge in [0.05, 0.1) is 18.0 Å². The minimum absolute atomic E-state index is 0.0182. The van der Waals surface area contributed by atoms with Crippen molar-refractivity contribution >= 4 is 17.4 Å². The standard InChI is InChI=1S/C23H19NO3S/c25-14-17-12-11-16(28-17)6-5-13-24-23(26)27-15-22-20-9-3-1-7-18(20)19-8-2-4-10-21(19)22/h1-4,7-12,22,25H,13-15H2,(H,24,26). The number of nitrogens with one attached hydrogen (secondary N) is 1. The number of carbonyl (C=O) groups excluding carboxylic acids is 1. The maximum atomic E-state index is 12.1. The molecule has 0 fully saturated rings. The zero-order valence-corrected chi connectivity index (χ0v) is 16.0. The van der Waals surface area contributed by atoms with Gasteiger partial charge < -0.3 is 15.2 Å². The van der Waals surface area contributed by atoms with Crippen LogP contribution in [-0.2, 0) is 11.3 Å². The van der Waals surface area contributed by atoms with Crippen LogP contribution < -0.4 is 5.32 Å². The van der Waals surface area contributed by atoms with Crippen molar-refractivity contribution in [2.45, 2.75) is 12.5 Å². The van der Waals surface area contributed by atoms with Crippen LogP contribution in [-0.4, -0.2) is 24.4 Å². The quantitative estimate of drug-likeness (QED) is 0.660. The fraction of sp³-hybridized carbons (Fsp3) is 0.174. The summed E-state index contributed by atoms with van der Waals surface area (Å²) in [7, 11) is 0. The normalized spacial score (nSPS) is 11.9. The molecule has 0 aliphatic heterocycles. The first-order valence-corrected chi connectivity index (χ1v) is 9.85. The SMILES string of the molecule is O=C(NCC#Cc1ccc(CO)s1)OCC1c2ccccc2-c2ccccc21. The van der Waals surface area contributed by atoms with E-state index in [2.05, 4.69) is 41.4 Å². The van der Waals surface area contributed by atoms with E-state index in [-0.39, 0.29) is 25.7 Å². The molecule has 5 heteroatoms. The van der Waals surface area contributed by atoms with Crippen LogP contribution in [0.15, 0.2) is 60.7 Å². The topological polar surface area (TPSA) is 58.6 Å².